The summed E-state index contributed by atoms with van der Waals surface area (Å²) in [7, 11) is -2.23. The molecule has 12 nitrogen and oxygen atoms in total. The van der Waals surface area contributed by atoms with Gasteiger partial charge < -0.3 is 44.6 Å². The summed E-state index contributed by atoms with van der Waals surface area (Å²) in [6.45, 7) is -1.41. The fourth-order valence-electron chi connectivity index (χ4n) is 2.13. The Morgan fingerprint density at radius 2 is 1.76 bits per heavy atom. The van der Waals surface area contributed by atoms with Crippen LogP contribution in [0.4, 0.5) is 0 Å². The molecule has 150 valence electrons. The van der Waals surface area contributed by atoms with Crippen LogP contribution in [0.25, 0.3) is 0 Å². The van der Waals surface area contributed by atoms with E-state index in [0.29, 0.717) is 0 Å². The molecule has 1 saturated heterocycles. The van der Waals surface area contributed by atoms with E-state index in [4.69, 9.17) is 14.0 Å². The SMILES string of the molecule is COCC(O)C(O)C(O)COC1OC(CO)C(OP(=O)(O)OC)C1O. The molecule has 8 unspecified atom stereocenters. The van der Waals surface area contributed by atoms with Crippen molar-refractivity contribution in [3.8, 4) is 0 Å². The minimum absolute atomic E-state index is 0.216. The second kappa shape index (κ2) is 10.2. The minimum atomic E-state index is -4.45. The predicted molar refractivity (Wildman–Crippen MR) is 79.3 cm³/mol. The number of rotatable bonds is 11. The van der Waals surface area contributed by atoms with Crippen molar-refractivity contribution in [1.82, 2.24) is 0 Å². The zero-order valence-electron chi connectivity index (χ0n) is 13.7. The van der Waals surface area contributed by atoms with E-state index in [1.54, 1.807) is 0 Å². The largest absolute Gasteiger partial charge is 0.472 e. The van der Waals surface area contributed by atoms with Gasteiger partial charge in [0.25, 0.3) is 0 Å². The highest BCUT2D eigenvalue weighted by atomic mass is 31.2. The number of aliphatic hydroxyl groups excluding tert-OH is 5. The highest BCUT2D eigenvalue weighted by Gasteiger charge is 2.48. The maximum Gasteiger partial charge on any atom is 0.472 e. The molecule has 8 atom stereocenters. The van der Waals surface area contributed by atoms with Crippen molar-refractivity contribution in [2.24, 2.45) is 0 Å². The topological polar surface area (TPSA) is 185 Å². The van der Waals surface area contributed by atoms with Gasteiger partial charge in [-0.1, -0.05) is 0 Å². The zero-order valence-corrected chi connectivity index (χ0v) is 14.6. The summed E-state index contributed by atoms with van der Waals surface area (Å²) in [4.78, 5) is 9.31. The standard InChI is InChI=1S/C12H25O12P/c1-20-4-6(14)9(16)7(15)5-22-12-10(17)11(8(3-13)23-12)24-25(18,19)21-2/h6-17H,3-5H2,1-2H3,(H,18,19). The first-order valence-corrected chi connectivity index (χ1v) is 8.82. The molecule has 0 amide bonds. The van der Waals surface area contributed by atoms with Gasteiger partial charge in [-0.05, 0) is 0 Å². The Labute approximate surface area is 144 Å². The molecule has 1 heterocycles. The first-order chi connectivity index (χ1) is 11.7. The van der Waals surface area contributed by atoms with Crippen LogP contribution >= 0.6 is 7.82 Å². The summed E-state index contributed by atoms with van der Waals surface area (Å²) in [5.41, 5.74) is 0. The Morgan fingerprint density at radius 3 is 2.28 bits per heavy atom. The maximum atomic E-state index is 11.5. The summed E-state index contributed by atoms with van der Waals surface area (Å²) in [5.74, 6) is 0. The second-order valence-electron chi connectivity index (χ2n) is 5.35. The molecule has 0 radical (unpaired) electrons. The van der Waals surface area contributed by atoms with Crippen molar-refractivity contribution in [3.63, 3.8) is 0 Å². The number of phosphoric ester groups is 1. The Bertz CT molecular complexity index is 436. The van der Waals surface area contributed by atoms with Crippen molar-refractivity contribution < 1.29 is 58.2 Å². The molecule has 0 aromatic rings. The number of hydrogen-bond donors (Lipinski definition) is 6. The van der Waals surface area contributed by atoms with Crippen molar-refractivity contribution in [3.05, 3.63) is 0 Å². The second-order valence-corrected chi connectivity index (χ2v) is 6.86. The fraction of sp³-hybridized carbons (Fsp3) is 1.00. The lowest BCUT2D eigenvalue weighted by molar-refractivity contribution is -0.194. The molecule has 0 saturated carbocycles. The fourth-order valence-corrected chi connectivity index (χ4v) is 2.79. The molecule has 1 aliphatic heterocycles. The number of aliphatic hydroxyl groups is 5. The lowest BCUT2D eigenvalue weighted by Gasteiger charge is -2.24. The van der Waals surface area contributed by atoms with E-state index in [1.807, 2.05) is 0 Å². The highest BCUT2D eigenvalue weighted by molar-refractivity contribution is 7.47. The quantitative estimate of drug-likeness (QED) is 0.195. The average Bonchev–Trinajstić information content (AvgIpc) is 2.87. The molecule has 0 aromatic carbocycles. The van der Waals surface area contributed by atoms with Gasteiger partial charge >= 0.3 is 7.82 Å². The third-order valence-corrected chi connectivity index (χ3v) is 4.48. The lowest BCUT2D eigenvalue weighted by atomic mass is 10.1. The third kappa shape index (κ3) is 6.47. The van der Waals surface area contributed by atoms with Crippen LogP contribution in [-0.4, -0.2) is 107 Å². The van der Waals surface area contributed by atoms with Crippen molar-refractivity contribution >= 4 is 7.82 Å². The number of hydrogen-bond acceptors (Lipinski definition) is 11. The number of phosphoric acid groups is 1. The molecular formula is C12H25O12P. The summed E-state index contributed by atoms with van der Waals surface area (Å²) in [6.07, 6.45) is -10.1. The van der Waals surface area contributed by atoms with Crippen LogP contribution in [-0.2, 0) is 27.8 Å². The van der Waals surface area contributed by atoms with Crippen LogP contribution in [0.2, 0.25) is 0 Å². The molecule has 1 aliphatic rings. The monoisotopic (exact) mass is 392 g/mol. The van der Waals surface area contributed by atoms with Gasteiger partial charge in [0.05, 0.1) is 19.8 Å². The third-order valence-electron chi connectivity index (χ3n) is 3.51. The first-order valence-electron chi connectivity index (χ1n) is 7.32. The summed E-state index contributed by atoms with van der Waals surface area (Å²) < 4.78 is 35.3. The van der Waals surface area contributed by atoms with E-state index < -0.39 is 64.0 Å². The Morgan fingerprint density at radius 1 is 1.16 bits per heavy atom. The van der Waals surface area contributed by atoms with Gasteiger partial charge in [-0.25, -0.2) is 4.57 Å². The lowest BCUT2D eigenvalue weighted by Crippen LogP contribution is -2.44. The molecule has 0 aliphatic carbocycles. The molecule has 0 aromatic heterocycles. The normalized spacial score (nSPS) is 33.0. The molecule has 1 rings (SSSR count). The maximum absolute atomic E-state index is 11.5. The summed E-state index contributed by atoms with van der Waals surface area (Å²) in [5, 5.41) is 48.2. The van der Waals surface area contributed by atoms with Gasteiger partial charge in [-0.15, -0.1) is 0 Å². The number of ether oxygens (including phenoxy) is 3. The highest BCUT2D eigenvalue weighted by Crippen LogP contribution is 2.46. The summed E-state index contributed by atoms with van der Waals surface area (Å²) in [6, 6.07) is 0. The van der Waals surface area contributed by atoms with E-state index in [2.05, 4.69) is 9.26 Å². The van der Waals surface area contributed by atoms with Crippen LogP contribution in [0.15, 0.2) is 0 Å². The van der Waals surface area contributed by atoms with Crippen LogP contribution in [0.3, 0.4) is 0 Å². The Hall–Kier alpha value is -0.210. The average molecular weight is 392 g/mol. The molecule has 25 heavy (non-hydrogen) atoms. The molecular weight excluding hydrogens is 367 g/mol. The van der Waals surface area contributed by atoms with Crippen LogP contribution in [0.1, 0.15) is 0 Å². The smallest absolute Gasteiger partial charge is 0.394 e. The molecule has 13 heteroatoms. The molecule has 1 fully saturated rings. The first kappa shape index (κ1) is 22.8. The van der Waals surface area contributed by atoms with Crippen molar-refractivity contribution in [2.75, 3.05) is 34.0 Å². The van der Waals surface area contributed by atoms with Crippen LogP contribution in [0.5, 0.6) is 0 Å². The van der Waals surface area contributed by atoms with Crippen LogP contribution in [0, 0.1) is 0 Å². The van der Waals surface area contributed by atoms with E-state index in [1.165, 1.54) is 7.11 Å². The van der Waals surface area contributed by atoms with Gasteiger partial charge in [0, 0.05) is 14.2 Å². The van der Waals surface area contributed by atoms with E-state index in [9.17, 15) is 35.0 Å². The zero-order chi connectivity index (χ0) is 19.2. The van der Waals surface area contributed by atoms with Gasteiger partial charge in [-0.2, -0.15) is 0 Å². The van der Waals surface area contributed by atoms with Gasteiger partial charge in [0.15, 0.2) is 6.29 Å². The molecule has 0 spiro atoms. The molecule has 0 bridgehead atoms. The van der Waals surface area contributed by atoms with Crippen molar-refractivity contribution in [1.29, 1.82) is 0 Å². The predicted octanol–water partition coefficient (Wildman–Crippen LogP) is -3.06. The van der Waals surface area contributed by atoms with Gasteiger partial charge in [0.2, 0.25) is 0 Å². The van der Waals surface area contributed by atoms with Gasteiger partial charge in [0.1, 0.15) is 36.6 Å². The minimum Gasteiger partial charge on any atom is -0.394 e. The summed E-state index contributed by atoms with van der Waals surface area (Å²) >= 11 is 0. The van der Waals surface area contributed by atoms with E-state index >= 15 is 0 Å². The Balaban J connectivity index is 2.61. The molecule has 6 N–H and O–H groups in total. The Kier molecular flexibility index (Phi) is 9.32. The van der Waals surface area contributed by atoms with Gasteiger partial charge in [-0.3, -0.25) is 9.05 Å². The number of methoxy groups -OCH3 is 1. The van der Waals surface area contributed by atoms with E-state index in [0.717, 1.165) is 7.11 Å². The van der Waals surface area contributed by atoms with Crippen LogP contribution < -0.4 is 0 Å². The van der Waals surface area contributed by atoms with E-state index in [-0.39, 0.29) is 6.61 Å². The van der Waals surface area contributed by atoms with Crippen molar-refractivity contribution in [2.45, 2.75) is 42.9 Å².